The Morgan fingerprint density at radius 1 is 1.00 bits per heavy atom. The smallest absolute Gasteiger partial charge is 0.237 e. The van der Waals surface area contributed by atoms with Gasteiger partial charge in [0, 0.05) is 11.4 Å². The topological polar surface area (TPSA) is 69.0 Å². The van der Waals surface area contributed by atoms with E-state index in [-0.39, 0.29) is 10.9 Å². The number of para-hydroxylation sites is 2. The number of carbonyl (C=O) groups is 1. The number of rotatable bonds is 8. The first-order valence-electron chi connectivity index (χ1n) is 10.7. The second-order valence-corrected chi connectivity index (χ2v) is 9.70. The van der Waals surface area contributed by atoms with Gasteiger partial charge in [0.15, 0.2) is 17.1 Å². The first-order valence-corrected chi connectivity index (χ1v) is 12.3. The Morgan fingerprint density at radius 3 is 2.43 bits per heavy atom. The number of anilines is 1. The molecule has 0 bridgehead atoms. The molecule has 0 saturated heterocycles. The van der Waals surface area contributed by atoms with Crippen LogP contribution in [0, 0.1) is 5.82 Å². The summed E-state index contributed by atoms with van der Waals surface area (Å²) in [5.74, 6) is 0.242. The lowest BCUT2D eigenvalue weighted by molar-refractivity contribution is -0.115. The first kappa shape index (κ1) is 25.0. The molecule has 1 aromatic heterocycles. The van der Waals surface area contributed by atoms with Crippen molar-refractivity contribution in [3.63, 3.8) is 0 Å². The summed E-state index contributed by atoms with van der Waals surface area (Å²) in [6.45, 7) is 3.61. The van der Waals surface area contributed by atoms with Crippen molar-refractivity contribution in [1.82, 2.24) is 14.8 Å². The third-order valence-electron chi connectivity index (χ3n) is 5.02. The molecule has 0 aliphatic heterocycles. The van der Waals surface area contributed by atoms with Gasteiger partial charge in [0.2, 0.25) is 5.91 Å². The molecule has 1 heterocycles. The second kappa shape index (κ2) is 11.1. The standard InChI is InChI=1S/C25H21Cl2FN4O2S/c1-15(34-22-11-7-6-10-19(22)26)23-30-31-25(32(23)18-8-4-3-5-9-18)35-16(2)24(33)29-17-12-13-21(28)20(27)14-17/h3-16H,1-2H3,(H,29,33). The first-order chi connectivity index (χ1) is 16.8. The van der Waals surface area contributed by atoms with E-state index in [0.29, 0.717) is 27.4 Å². The van der Waals surface area contributed by atoms with Crippen molar-refractivity contribution in [2.45, 2.75) is 30.4 Å². The van der Waals surface area contributed by atoms with Crippen molar-refractivity contribution < 1.29 is 13.9 Å². The molecule has 0 fully saturated rings. The van der Waals surface area contributed by atoms with Crippen molar-refractivity contribution >= 4 is 46.6 Å². The van der Waals surface area contributed by atoms with Crippen LogP contribution in [-0.2, 0) is 4.79 Å². The number of ether oxygens (including phenoxy) is 1. The van der Waals surface area contributed by atoms with Crippen molar-refractivity contribution in [2.75, 3.05) is 5.32 Å². The highest BCUT2D eigenvalue weighted by Gasteiger charge is 2.25. The molecular weight excluding hydrogens is 510 g/mol. The summed E-state index contributed by atoms with van der Waals surface area (Å²) in [4.78, 5) is 12.8. The van der Waals surface area contributed by atoms with Crippen LogP contribution in [0.4, 0.5) is 10.1 Å². The monoisotopic (exact) mass is 530 g/mol. The number of halogens is 3. The van der Waals surface area contributed by atoms with Crippen LogP contribution in [0.2, 0.25) is 10.0 Å². The molecule has 3 aromatic carbocycles. The van der Waals surface area contributed by atoms with Gasteiger partial charge in [0.25, 0.3) is 0 Å². The molecule has 0 spiro atoms. The summed E-state index contributed by atoms with van der Waals surface area (Å²) in [7, 11) is 0. The second-order valence-electron chi connectivity index (χ2n) is 7.58. The molecule has 10 heteroatoms. The molecule has 4 aromatic rings. The number of nitrogens with zero attached hydrogens (tertiary/aromatic N) is 3. The molecule has 0 aliphatic carbocycles. The van der Waals surface area contributed by atoms with Gasteiger partial charge in [0.1, 0.15) is 11.6 Å². The molecule has 6 nitrogen and oxygen atoms in total. The highest BCUT2D eigenvalue weighted by atomic mass is 35.5. The number of carbonyl (C=O) groups excluding carboxylic acids is 1. The number of nitrogens with one attached hydrogen (secondary N) is 1. The van der Waals surface area contributed by atoms with Crippen LogP contribution >= 0.6 is 35.0 Å². The van der Waals surface area contributed by atoms with E-state index < -0.39 is 17.2 Å². The number of hydrogen-bond acceptors (Lipinski definition) is 5. The van der Waals surface area contributed by atoms with Gasteiger partial charge in [-0.15, -0.1) is 10.2 Å². The predicted molar refractivity (Wildman–Crippen MR) is 137 cm³/mol. The van der Waals surface area contributed by atoms with E-state index in [0.717, 1.165) is 5.69 Å². The van der Waals surface area contributed by atoms with Gasteiger partial charge in [-0.3, -0.25) is 9.36 Å². The van der Waals surface area contributed by atoms with Crippen molar-refractivity contribution in [3.8, 4) is 11.4 Å². The van der Waals surface area contributed by atoms with Gasteiger partial charge in [-0.25, -0.2) is 4.39 Å². The summed E-state index contributed by atoms with van der Waals surface area (Å²) < 4.78 is 21.4. The summed E-state index contributed by atoms with van der Waals surface area (Å²) in [5.41, 5.74) is 1.23. The predicted octanol–water partition coefficient (Wildman–Crippen LogP) is 6.97. The van der Waals surface area contributed by atoms with Crippen LogP contribution in [0.1, 0.15) is 25.8 Å². The maximum atomic E-state index is 13.4. The zero-order valence-corrected chi connectivity index (χ0v) is 21.1. The summed E-state index contributed by atoms with van der Waals surface area (Å²) in [5, 5.41) is 11.9. The average molecular weight is 531 g/mol. The van der Waals surface area contributed by atoms with Crippen LogP contribution < -0.4 is 10.1 Å². The minimum absolute atomic E-state index is 0.0657. The van der Waals surface area contributed by atoms with E-state index in [1.54, 1.807) is 19.1 Å². The molecule has 0 radical (unpaired) electrons. The van der Waals surface area contributed by atoms with Crippen molar-refractivity contribution in [2.24, 2.45) is 0 Å². The summed E-state index contributed by atoms with van der Waals surface area (Å²) in [6, 6.07) is 20.8. The average Bonchev–Trinajstić information content (AvgIpc) is 3.27. The van der Waals surface area contributed by atoms with Crippen LogP contribution in [0.25, 0.3) is 5.69 Å². The van der Waals surface area contributed by atoms with E-state index in [1.807, 2.05) is 54.0 Å². The van der Waals surface area contributed by atoms with Gasteiger partial charge in [-0.05, 0) is 56.3 Å². The zero-order valence-electron chi connectivity index (χ0n) is 18.8. The van der Waals surface area contributed by atoms with E-state index in [1.165, 1.54) is 30.0 Å². The molecular formula is C25H21Cl2FN4O2S. The molecule has 35 heavy (non-hydrogen) atoms. The largest absolute Gasteiger partial charge is 0.481 e. The maximum Gasteiger partial charge on any atom is 0.237 e. The fraction of sp³-hybridized carbons (Fsp3) is 0.160. The fourth-order valence-electron chi connectivity index (χ4n) is 3.25. The lowest BCUT2D eigenvalue weighted by atomic mass is 10.3. The van der Waals surface area contributed by atoms with E-state index in [9.17, 15) is 9.18 Å². The molecule has 4 rings (SSSR count). The highest BCUT2D eigenvalue weighted by Crippen LogP contribution is 2.32. The molecule has 0 saturated carbocycles. The Hall–Kier alpha value is -3.07. The Morgan fingerprint density at radius 2 is 1.71 bits per heavy atom. The summed E-state index contributed by atoms with van der Waals surface area (Å²) in [6.07, 6.45) is -0.484. The molecule has 1 N–H and O–H groups in total. The minimum Gasteiger partial charge on any atom is -0.481 e. The SMILES string of the molecule is CC(Sc1nnc(C(C)Oc2ccccc2Cl)n1-c1ccccc1)C(=O)Nc1ccc(F)c(Cl)c1. The van der Waals surface area contributed by atoms with Gasteiger partial charge in [-0.2, -0.15) is 0 Å². The van der Waals surface area contributed by atoms with Gasteiger partial charge in [-0.1, -0.05) is 65.3 Å². The molecule has 2 unspecified atom stereocenters. The van der Waals surface area contributed by atoms with Crippen LogP contribution in [0.5, 0.6) is 5.75 Å². The third-order valence-corrected chi connectivity index (χ3v) is 6.66. The van der Waals surface area contributed by atoms with Crippen LogP contribution in [0.15, 0.2) is 78.0 Å². The van der Waals surface area contributed by atoms with E-state index in [4.69, 9.17) is 27.9 Å². The minimum atomic E-state index is -0.552. The maximum absolute atomic E-state index is 13.4. The molecule has 2 atom stereocenters. The third kappa shape index (κ3) is 5.96. The van der Waals surface area contributed by atoms with Gasteiger partial charge < -0.3 is 10.1 Å². The summed E-state index contributed by atoms with van der Waals surface area (Å²) >= 11 is 13.3. The van der Waals surface area contributed by atoms with Gasteiger partial charge in [0.05, 0.1) is 15.3 Å². The van der Waals surface area contributed by atoms with Crippen molar-refractivity contribution in [1.29, 1.82) is 0 Å². The highest BCUT2D eigenvalue weighted by molar-refractivity contribution is 8.00. The molecule has 180 valence electrons. The van der Waals surface area contributed by atoms with Crippen molar-refractivity contribution in [3.05, 3.63) is 94.5 Å². The number of hydrogen-bond donors (Lipinski definition) is 1. The fourth-order valence-corrected chi connectivity index (χ4v) is 4.49. The Kier molecular flexibility index (Phi) is 7.95. The number of aromatic nitrogens is 3. The normalized spacial score (nSPS) is 12.7. The number of thioether (sulfide) groups is 1. The number of benzene rings is 3. The van der Waals surface area contributed by atoms with Crippen LogP contribution in [0.3, 0.4) is 0 Å². The lowest BCUT2D eigenvalue weighted by Gasteiger charge is -2.18. The van der Waals surface area contributed by atoms with E-state index in [2.05, 4.69) is 15.5 Å². The Bertz CT molecular complexity index is 1340. The zero-order chi connectivity index (χ0) is 24.9. The molecule has 0 aliphatic rings. The lowest BCUT2D eigenvalue weighted by Crippen LogP contribution is -2.23. The van der Waals surface area contributed by atoms with Crippen LogP contribution in [-0.4, -0.2) is 25.9 Å². The Labute approximate surface area is 216 Å². The Balaban J connectivity index is 1.58. The molecule has 1 amide bonds. The quantitative estimate of drug-likeness (QED) is 0.249. The van der Waals surface area contributed by atoms with Gasteiger partial charge >= 0.3 is 0 Å². The number of amides is 1. The van der Waals surface area contributed by atoms with E-state index >= 15 is 0 Å².